The normalized spacial score (nSPS) is 29.0. The van der Waals surface area contributed by atoms with E-state index in [1.165, 1.54) is 0 Å². The summed E-state index contributed by atoms with van der Waals surface area (Å²) in [5.74, 6) is 1.14. The molecule has 6 heteroatoms. The van der Waals surface area contributed by atoms with Gasteiger partial charge in [-0.05, 0) is 56.4 Å². The van der Waals surface area contributed by atoms with Crippen molar-refractivity contribution >= 4 is 20.1 Å². The Morgan fingerprint density at radius 3 is 2.54 bits per heavy atom. The van der Waals surface area contributed by atoms with Crippen molar-refractivity contribution < 1.29 is 19.1 Å². The Bertz CT molecular complexity index is 491. The summed E-state index contributed by atoms with van der Waals surface area (Å²) in [6.45, 7) is 12.7. The van der Waals surface area contributed by atoms with Crippen LogP contribution in [0.1, 0.15) is 46.0 Å². The summed E-state index contributed by atoms with van der Waals surface area (Å²) in [5.41, 5.74) is 0. The maximum absolute atomic E-state index is 12.7. The van der Waals surface area contributed by atoms with Crippen molar-refractivity contribution in [1.82, 2.24) is 4.90 Å². The lowest BCUT2D eigenvalue weighted by Gasteiger charge is -2.48. The average Bonchev–Trinajstić information content (AvgIpc) is 2.53. The van der Waals surface area contributed by atoms with Crippen LogP contribution in [0, 0.1) is 17.8 Å². The van der Waals surface area contributed by atoms with Crippen LogP contribution in [0.3, 0.4) is 0 Å². The first kappa shape index (κ1) is 21.3. The third kappa shape index (κ3) is 6.00. The van der Waals surface area contributed by atoms with Crippen molar-refractivity contribution in [3.8, 4) is 0 Å². The minimum atomic E-state index is -1.20. The quantitative estimate of drug-likeness (QED) is 0.499. The van der Waals surface area contributed by atoms with Crippen LogP contribution in [-0.4, -0.2) is 50.8 Å². The summed E-state index contributed by atoms with van der Waals surface area (Å²) in [6, 6.07) is 1.22. The Hall–Kier alpha value is -1.04. The molecule has 5 nitrogen and oxygen atoms in total. The number of ether oxygens (including phenoxy) is 2. The molecule has 0 N–H and O–H groups in total. The minimum Gasteiger partial charge on any atom is -0.466 e. The third-order valence-corrected chi connectivity index (χ3v) is 7.54. The highest BCUT2D eigenvalue weighted by Crippen LogP contribution is 2.43. The molecule has 0 bridgehead atoms. The summed E-state index contributed by atoms with van der Waals surface area (Å²) in [6.07, 6.45) is 4.50. The number of fused-ring (bicyclic) bond motifs is 1. The monoisotopic (exact) mass is 383 g/mol. The number of rotatable bonds is 6. The zero-order valence-electron chi connectivity index (χ0n) is 17.3. The van der Waals surface area contributed by atoms with Crippen molar-refractivity contribution in [1.29, 1.82) is 0 Å². The highest BCUT2D eigenvalue weighted by atomic mass is 28.3. The molecular formula is C20H37NO4Si. The van der Waals surface area contributed by atoms with Gasteiger partial charge in [-0.1, -0.05) is 26.6 Å². The molecule has 2 rings (SSSR count). The fourth-order valence-corrected chi connectivity index (χ4v) is 5.28. The molecule has 0 radical (unpaired) electrons. The topological polar surface area (TPSA) is 55.8 Å². The van der Waals surface area contributed by atoms with Crippen LogP contribution < -0.4 is 0 Å². The van der Waals surface area contributed by atoms with Gasteiger partial charge in [-0.25, -0.2) is 4.79 Å². The lowest BCUT2D eigenvalue weighted by atomic mass is 9.67. The third-order valence-electron chi connectivity index (χ3n) is 5.83. The van der Waals surface area contributed by atoms with Gasteiger partial charge in [-0.15, -0.1) is 0 Å². The summed E-state index contributed by atoms with van der Waals surface area (Å²) in [4.78, 5) is 26.7. The van der Waals surface area contributed by atoms with E-state index in [0.717, 1.165) is 38.3 Å². The van der Waals surface area contributed by atoms with Gasteiger partial charge in [0, 0.05) is 27.1 Å². The van der Waals surface area contributed by atoms with Gasteiger partial charge in [-0.3, -0.25) is 4.79 Å². The number of piperidine rings is 1. The van der Waals surface area contributed by atoms with Gasteiger partial charge in [0.2, 0.25) is 0 Å². The van der Waals surface area contributed by atoms with E-state index in [1.54, 1.807) is 0 Å². The van der Waals surface area contributed by atoms with Gasteiger partial charge >= 0.3 is 12.1 Å². The standard InChI is InChI=1S/C20H37NO4Si/c1-6-24-19(22)14-16-12-15(2)13-18-17(16)8-7-9-21(18)20(23)25-10-11-26(3,4)5/h15-18H,6-14H2,1-5H3/t15-,16-,17-,18-/m1/s1. The van der Waals surface area contributed by atoms with E-state index in [2.05, 4.69) is 26.6 Å². The largest absolute Gasteiger partial charge is 0.466 e. The van der Waals surface area contributed by atoms with Gasteiger partial charge in [0.15, 0.2) is 0 Å². The van der Waals surface area contributed by atoms with E-state index in [4.69, 9.17) is 9.47 Å². The van der Waals surface area contributed by atoms with Gasteiger partial charge < -0.3 is 14.4 Å². The van der Waals surface area contributed by atoms with Gasteiger partial charge in [0.25, 0.3) is 0 Å². The molecule has 1 heterocycles. The molecule has 0 aromatic carbocycles. The van der Waals surface area contributed by atoms with E-state index in [0.29, 0.717) is 37.4 Å². The Labute approximate surface area is 159 Å². The molecule has 0 aromatic heterocycles. The molecule has 0 spiro atoms. The molecule has 2 fully saturated rings. The fraction of sp³-hybridized carbons (Fsp3) is 0.900. The molecule has 0 unspecified atom stereocenters. The van der Waals surface area contributed by atoms with Crippen molar-refractivity contribution in [2.24, 2.45) is 17.8 Å². The molecule has 2 aliphatic rings. The van der Waals surface area contributed by atoms with Crippen LogP contribution >= 0.6 is 0 Å². The number of carbonyl (C=O) groups excluding carboxylic acids is 2. The van der Waals surface area contributed by atoms with Crippen molar-refractivity contribution in [3.63, 3.8) is 0 Å². The molecule has 4 atom stereocenters. The molecule has 1 aliphatic carbocycles. The van der Waals surface area contributed by atoms with Crippen LogP contribution in [-0.2, 0) is 14.3 Å². The zero-order chi connectivity index (χ0) is 19.3. The van der Waals surface area contributed by atoms with Crippen molar-refractivity contribution in [2.75, 3.05) is 19.8 Å². The maximum Gasteiger partial charge on any atom is 0.410 e. The second kappa shape index (κ2) is 9.24. The van der Waals surface area contributed by atoms with Crippen LogP contribution in [0.4, 0.5) is 4.79 Å². The van der Waals surface area contributed by atoms with Crippen LogP contribution in [0.25, 0.3) is 0 Å². The molecule has 1 saturated heterocycles. The molecule has 0 aromatic rings. The average molecular weight is 384 g/mol. The first-order chi connectivity index (χ1) is 12.2. The summed E-state index contributed by atoms with van der Waals surface area (Å²) >= 11 is 0. The van der Waals surface area contributed by atoms with E-state index >= 15 is 0 Å². The maximum atomic E-state index is 12.7. The van der Waals surface area contributed by atoms with Gasteiger partial charge in [-0.2, -0.15) is 0 Å². The number of esters is 1. The van der Waals surface area contributed by atoms with Gasteiger partial charge in [0.05, 0.1) is 13.2 Å². The van der Waals surface area contributed by atoms with E-state index < -0.39 is 8.07 Å². The highest BCUT2D eigenvalue weighted by Gasteiger charge is 2.44. The van der Waals surface area contributed by atoms with E-state index in [-0.39, 0.29) is 18.1 Å². The number of likely N-dealkylation sites (tertiary alicyclic amines) is 1. The highest BCUT2D eigenvalue weighted by molar-refractivity contribution is 6.76. The fourth-order valence-electron chi connectivity index (χ4n) is 4.56. The number of nitrogens with zero attached hydrogens (tertiary/aromatic N) is 1. The first-order valence-corrected chi connectivity index (χ1v) is 14.0. The number of carbonyl (C=O) groups is 2. The predicted molar refractivity (Wildman–Crippen MR) is 106 cm³/mol. The van der Waals surface area contributed by atoms with Crippen LogP contribution in [0.15, 0.2) is 0 Å². The van der Waals surface area contributed by atoms with Crippen LogP contribution in [0.5, 0.6) is 0 Å². The van der Waals surface area contributed by atoms with Crippen molar-refractivity contribution in [2.45, 2.75) is 77.7 Å². The molecular weight excluding hydrogens is 346 g/mol. The zero-order valence-corrected chi connectivity index (χ0v) is 18.3. The number of hydrogen-bond acceptors (Lipinski definition) is 4. The number of amides is 1. The van der Waals surface area contributed by atoms with Gasteiger partial charge in [0.1, 0.15) is 0 Å². The Morgan fingerprint density at radius 2 is 1.88 bits per heavy atom. The van der Waals surface area contributed by atoms with Crippen molar-refractivity contribution in [3.05, 3.63) is 0 Å². The van der Waals surface area contributed by atoms with Crippen LogP contribution in [0.2, 0.25) is 25.7 Å². The lowest BCUT2D eigenvalue weighted by Crippen LogP contribution is -2.53. The first-order valence-electron chi connectivity index (χ1n) is 10.3. The lowest BCUT2D eigenvalue weighted by molar-refractivity contribution is -0.145. The summed E-state index contributed by atoms with van der Waals surface area (Å²) < 4.78 is 10.8. The minimum absolute atomic E-state index is 0.0971. The second-order valence-electron chi connectivity index (χ2n) is 9.34. The SMILES string of the molecule is CCOC(=O)C[C@H]1C[C@@H](C)C[C@@H]2[C@@H]1CCCN2C(=O)OCC[Si](C)(C)C. The smallest absolute Gasteiger partial charge is 0.410 e. The second-order valence-corrected chi connectivity index (χ2v) is 15.0. The molecule has 1 aliphatic heterocycles. The summed E-state index contributed by atoms with van der Waals surface area (Å²) in [5, 5.41) is 0. The van der Waals surface area contributed by atoms with E-state index in [1.807, 2.05) is 11.8 Å². The molecule has 150 valence electrons. The Balaban J connectivity index is 1.99. The molecule has 1 amide bonds. The van der Waals surface area contributed by atoms with E-state index in [9.17, 15) is 9.59 Å². The Kier molecular flexibility index (Phi) is 7.56. The molecule has 1 saturated carbocycles. The predicted octanol–water partition coefficient (Wildman–Crippen LogP) is 4.54. The number of hydrogen-bond donors (Lipinski definition) is 0. The molecule has 26 heavy (non-hydrogen) atoms. The summed E-state index contributed by atoms with van der Waals surface area (Å²) in [7, 11) is -1.20. The Morgan fingerprint density at radius 1 is 1.15 bits per heavy atom.